The Labute approximate surface area is 87.1 Å². The minimum Gasteiger partial charge on any atom is -0.395 e. The minimum atomic E-state index is 0.156. The molecule has 3 heteroatoms. The SMILES string of the molecule is C[C@@H](CO)NCc1ccc(Br)cc1. The summed E-state index contributed by atoms with van der Waals surface area (Å²) in [6.45, 7) is 2.93. The first kappa shape index (κ1) is 10.7. The van der Waals surface area contributed by atoms with Gasteiger partial charge in [0.15, 0.2) is 0 Å². The first-order valence-electron chi connectivity index (χ1n) is 4.31. The van der Waals surface area contributed by atoms with Crippen LogP contribution in [0.2, 0.25) is 0 Å². The van der Waals surface area contributed by atoms with Crippen molar-refractivity contribution in [2.75, 3.05) is 6.61 Å². The van der Waals surface area contributed by atoms with Gasteiger partial charge < -0.3 is 10.4 Å². The van der Waals surface area contributed by atoms with Gasteiger partial charge in [-0.05, 0) is 24.6 Å². The molecule has 0 saturated heterocycles. The van der Waals surface area contributed by atoms with Crippen molar-refractivity contribution in [3.05, 3.63) is 34.3 Å². The van der Waals surface area contributed by atoms with E-state index in [0.717, 1.165) is 11.0 Å². The fourth-order valence-electron chi connectivity index (χ4n) is 0.959. The van der Waals surface area contributed by atoms with Gasteiger partial charge in [0.1, 0.15) is 0 Å². The molecule has 0 saturated carbocycles. The Kier molecular flexibility index (Phi) is 4.42. The van der Waals surface area contributed by atoms with Crippen molar-refractivity contribution in [2.45, 2.75) is 19.5 Å². The molecule has 0 aliphatic rings. The first-order chi connectivity index (χ1) is 6.22. The topological polar surface area (TPSA) is 32.3 Å². The number of aliphatic hydroxyl groups excluding tert-OH is 1. The van der Waals surface area contributed by atoms with Gasteiger partial charge in [-0.25, -0.2) is 0 Å². The van der Waals surface area contributed by atoms with Crippen LogP contribution in [0.4, 0.5) is 0 Å². The maximum atomic E-state index is 8.79. The van der Waals surface area contributed by atoms with Crippen molar-refractivity contribution in [1.82, 2.24) is 5.32 Å². The van der Waals surface area contributed by atoms with Crippen molar-refractivity contribution in [2.24, 2.45) is 0 Å². The summed E-state index contributed by atoms with van der Waals surface area (Å²) in [5, 5.41) is 12.0. The highest BCUT2D eigenvalue weighted by Crippen LogP contribution is 2.10. The highest BCUT2D eigenvalue weighted by atomic mass is 79.9. The third-order valence-corrected chi connectivity index (χ3v) is 2.37. The van der Waals surface area contributed by atoms with Gasteiger partial charge in [-0.15, -0.1) is 0 Å². The summed E-state index contributed by atoms with van der Waals surface area (Å²) in [4.78, 5) is 0. The van der Waals surface area contributed by atoms with Gasteiger partial charge in [0.25, 0.3) is 0 Å². The van der Waals surface area contributed by atoms with Crippen molar-refractivity contribution in [1.29, 1.82) is 0 Å². The third kappa shape index (κ3) is 3.89. The average Bonchev–Trinajstić information content (AvgIpc) is 2.16. The number of rotatable bonds is 4. The largest absolute Gasteiger partial charge is 0.395 e. The number of aliphatic hydroxyl groups is 1. The lowest BCUT2D eigenvalue weighted by Crippen LogP contribution is -2.28. The van der Waals surface area contributed by atoms with Crippen LogP contribution >= 0.6 is 15.9 Å². The van der Waals surface area contributed by atoms with Gasteiger partial charge in [0.05, 0.1) is 6.61 Å². The average molecular weight is 244 g/mol. The van der Waals surface area contributed by atoms with Crippen molar-refractivity contribution in [3.8, 4) is 0 Å². The monoisotopic (exact) mass is 243 g/mol. The maximum absolute atomic E-state index is 8.79. The molecule has 0 spiro atoms. The number of benzene rings is 1. The van der Waals surface area contributed by atoms with Crippen molar-refractivity contribution >= 4 is 15.9 Å². The van der Waals surface area contributed by atoms with Gasteiger partial charge in [0.2, 0.25) is 0 Å². The summed E-state index contributed by atoms with van der Waals surface area (Å²) in [5.41, 5.74) is 1.23. The maximum Gasteiger partial charge on any atom is 0.0582 e. The summed E-state index contributed by atoms with van der Waals surface area (Å²) in [7, 11) is 0. The van der Waals surface area contributed by atoms with E-state index >= 15 is 0 Å². The van der Waals surface area contributed by atoms with Crippen molar-refractivity contribution < 1.29 is 5.11 Å². The van der Waals surface area contributed by atoms with E-state index in [9.17, 15) is 0 Å². The molecule has 0 amide bonds. The Hall–Kier alpha value is -0.380. The molecule has 0 bridgehead atoms. The molecule has 2 N–H and O–H groups in total. The molecule has 0 aliphatic carbocycles. The molecule has 1 atom stereocenters. The Balaban J connectivity index is 2.41. The Morgan fingerprint density at radius 1 is 1.38 bits per heavy atom. The number of hydrogen-bond donors (Lipinski definition) is 2. The molecule has 0 radical (unpaired) electrons. The van der Waals surface area contributed by atoms with E-state index in [-0.39, 0.29) is 12.6 Å². The van der Waals surface area contributed by atoms with Crippen LogP contribution in [0, 0.1) is 0 Å². The molecule has 72 valence electrons. The highest BCUT2D eigenvalue weighted by molar-refractivity contribution is 9.10. The van der Waals surface area contributed by atoms with Gasteiger partial charge in [-0.2, -0.15) is 0 Å². The van der Waals surface area contributed by atoms with Crippen LogP contribution in [0.5, 0.6) is 0 Å². The van der Waals surface area contributed by atoms with E-state index < -0.39 is 0 Å². The lowest BCUT2D eigenvalue weighted by atomic mass is 10.2. The molecule has 1 rings (SSSR count). The second kappa shape index (κ2) is 5.37. The summed E-state index contributed by atoms with van der Waals surface area (Å²) in [5.74, 6) is 0. The summed E-state index contributed by atoms with van der Waals surface area (Å²) in [6, 6.07) is 8.30. The molecule has 0 unspecified atom stereocenters. The van der Waals surface area contributed by atoms with Crippen LogP contribution in [0.25, 0.3) is 0 Å². The van der Waals surface area contributed by atoms with E-state index in [4.69, 9.17) is 5.11 Å². The first-order valence-corrected chi connectivity index (χ1v) is 5.10. The van der Waals surface area contributed by atoms with Crippen LogP contribution in [-0.2, 0) is 6.54 Å². The number of halogens is 1. The zero-order valence-corrected chi connectivity index (χ0v) is 9.21. The van der Waals surface area contributed by atoms with E-state index in [1.54, 1.807) is 0 Å². The van der Waals surface area contributed by atoms with Crippen LogP contribution in [0.1, 0.15) is 12.5 Å². The van der Waals surface area contributed by atoms with Gasteiger partial charge in [-0.3, -0.25) is 0 Å². The summed E-state index contributed by atoms with van der Waals surface area (Å²) in [6.07, 6.45) is 0. The van der Waals surface area contributed by atoms with Gasteiger partial charge in [-0.1, -0.05) is 28.1 Å². The fraction of sp³-hybridized carbons (Fsp3) is 0.400. The summed E-state index contributed by atoms with van der Waals surface area (Å²) < 4.78 is 1.09. The zero-order valence-electron chi connectivity index (χ0n) is 7.63. The predicted octanol–water partition coefficient (Wildman–Crippen LogP) is 1.92. The molecule has 1 aromatic rings. The van der Waals surface area contributed by atoms with E-state index in [0.29, 0.717) is 0 Å². The molecular weight excluding hydrogens is 230 g/mol. The van der Waals surface area contributed by atoms with E-state index in [2.05, 4.69) is 33.4 Å². The number of nitrogens with one attached hydrogen (secondary N) is 1. The second-order valence-corrected chi connectivity index (χ2v) is 4.01. The predicted molar refractivity (Wildman–Crippen MR) is 57.5 cm³/mol. The molecular formula is C10H14BrNO. The molecule has 0 fully saturated rings. The van der Waals surface area contributed by atoms with Crippen LogP contribution in [0.15, 0.2) is 28.7 Å². The normalized spacial score (nSPS) is 12.8. The molecule has 1 aromatic carbocycles. The van der Waals surface area contributed by atoms with Crippen LogP contribution in [-0.4, -0.2) is 17.8 Å². The molecule has 2 nitrogen and oxygen atoms in total. The van der Waals surface area contributed by atoms with Crippen molar-refractivity contribution in [3.63, 3.8) is 0 Å². The lowest BCUT2D eigenvalue weighted by Gasteiger charge is -2.10. The fourth-order valence-corrected chi connectivity index (χ4v) is 1.22. The van der Waals surface area contributed by atoms with Gasteiger partial charge >= 0.3 is 0 Å². The molecule has 0 aromatic heterocycles. The van der Waals surface area contributed by atoms with Crippen LogP contribution in [0.3, 0.4) is 0 Å². The third-order valence-electron chi connectivity index (χ3n) is 1.84. The Morgan fingerprint density at radius 2 is 2.00 bits per heavy atom. The van der Waals surface area contributed by atoms with Gasteiger partial charge in [0, 0.05) is 17.1 Å². The standard InChI is InChI=1S/C10H14BrNO/c1-8(7-13)12-6-9-2-4-10(11)5-3-9/h2-5,8,12-13H,6-7H2,1H3/t8-/m0/s1. The van der Waals surface area contributed by atoms with E-state index in [1.807, 2.05) is 19.1 Å². The lowest BCUT2D eigenvalue weighted by molar-refractivity contribution is 0.251. The number of hydrogen-bond acceptors (Lipinski definition) is 2. The van der Waals surface area contributed by atoms with E-state index in [1.165, 1.54) is 5.56 Å². The quantitative estimate of drug-likeness (QED) is 0.848. The Morgan fingerprint density at radius 3 is 2.54 bits per heavy atom. The minimum absolute atomic E-state index is 0.156. The summed E-state index contributed by atoms with van der Waals surface area (Å²) >= 11 is 3.38. The molecule has 0 aliphatic heterocycles. The molecule has 0 heterocycles. The second-order valence-electron chi connectivity index (χ2n) is 3.09. The van der Waals surface area contributed by atoms with Crippen LogP contribution < -0.4 is 5.32 Å². The molecule has 13 heavy (non-hydrogen) atoms. The highest BCUT2D eigenvalue weighted by Gasteiger charge is 1.98. The Bertz CT molecular complexity index is 248. The zero-order chi connectivity index (χ0) is 9.68. The smallest absolute Gasteiger partial charge is 0.0582 e.